The number of aliphatic hydroxyl groups is 1. The van der Waals surface area contributed by atoms with Crippen LogP contribution in [-0.4, -0.2) is 5.11 Å². The Balaban J connectivity index is 3.10. The van der Waals surface area contributed by atoms with Gasteiger partial charge in [-0.05, 0) is 38.2 Å². The molecule has 0 saturated carbocycles. The molecule has 14 heavy (non-hydrogen) atoms. The van der Waals surface area contributed by atoms with Crippen LogP contribution in [0.3, 0.4) is 0 Å². The van der Waals surface area contributed by atoms with Gasteiger partial charge in [0.15, 0.2) is 0 Å². The van der Waals surface area contributed by atoms with Gasteiger partial charge in [0.25, 0.3) is 0 Å². The van der Waals surface area contributed by atoms with Gasteiger partial charge in [0.2, 0.25) is 0 Å². The minimum atomic E-state index is 1.06. The molecule has 0 aromatic carbocycles. The van der Waals surface area contributed by atoms with Crippen LogP contribution < -0.4 is 0 Å². The lowest BCUT2D eigenvalue weighted by Gasteiger charge is -1.94. The van der Waals surface area contributed by atoms with Gasteiger partial charge in [-0.1, -0.05) is 37.6 Å². The third-order valence-corrected chi connectivity index (χ3v) is 1.98. The van der Waals surface area contributed by atoms with Crippen LogP contribution in [0.5, 0.6) is 0 Å². The molecule has 0 amide bonds. The molecule has 0 spiro atoms. The summed E-state index contributed by atoms with van der Waals surface area (Å²) < 4.78 is 0. The van der Waals surface area contributed by atoms with Crippen molar-refractivity contribution >= 4 is 0 Å². The molecule has 0 atom stereocenters. The Morgan fingerprint density at radius 2 is 1.57 bits per heavy atom. The smallest absolute Gasteiger partial charge is 0.0791 e. The van der Waals surface area contributed by atoms with Crippen LogP contribution in [0.4, 0.5) is 0 Å². The number of hydrogen-bond acceptors (Lipinski definition) is 1. The van der Waals surface area contributed by atoms with Crippen LogP contribution in [-0.2, 0) is 0 Å². The maximum atomic E-state index is 8.35. The average Bonchev–Trinajstić information content (AvgIpc) is 2.21. The highest BCUT2D eigenvalue weighted by molar-refractivity contribution is 4.98. The van der Waals surface area contributed by atoms with Crippen molar-refractivity contribution in [3.05, 3.63) is 36.6 Å². The van der Waals surface area contributed by atoms with Crippen molar-refractivity contribution < 1.29 is 5.11 Å². The van der Waals surface area contributed by atoms with E-state index in [1.54, 1.807) is 6.08 Å². The molecule has 0 aliphatic carbocycles. The number of unbranched alkanes of at least 4 members (excludes halogenated alkanes) is 4. The van der Waals surface area contributed by atoms with Gasteiger partial charge in [0, 0.05) is 0 Å². The fourth-order valence-corrected chi connectivity index (χ4v) is 1.21. The second-order valence-corrected chi connectivity index (χ2v) is 3.29. The van der Waals surface area contributed by atoms with Gasteiger partial charge in [-0.15, -0.1) is 0 Å². The van der Waals surface area contributed by atoms with Crippen molar-refractivity contribution in [2.45, 2.75) is 45.4 Å². The second kappa shape index (κ2) is 12.0. The third-order valence-electron chi connectivity index (χ3n) is 1.98. The molecule has 0 bridgehead atoms. The molecular weight excluding hydrogens is 172 g/mol. The van der Waals surface area contributed by atoms with Crippen molar-refractivity contribution in [2.24, 2.45) is 0 Å². The van der Waals surface area contributed by atoms with Gasteiger partial charge in [0.05, 0.1) is 6.26 Å². The highest BCUT2D eigenvalue weighted by Gasteiger charge is 1.84. The normalized spacial score (nSPS) is 12.4. The second-order valence-electron chi connectivity index (χ2n) is 3.29. The van der Waals surface area contributed by atoms with E-state index in [2.05, 4.69) is 25.2 Å². The van der Waals surface area contributed by atoms with Crippen LogP contribution in [0.2, 0.25) is 0 Å². The summed E-state index contributed by atoms with van der Waals surface area (Å²) in [6, 6.07) is 0. The summed E-state index contributed by atoms with van der Waals surface area (Å²) in [5.74, 6) is 0. The fraction of sp³-hybridized carbons (Fsp3) is 0.538. The summed E-state index contributed by atoms with van der Waals surface area (Å²) >= 11 is 0. The van der Waals surface area contributed by atoms with Crippen LogP contribution in [0.1, 0.15) is 45.4 Å². The van der Waals surface area contributed by atoms with E-state index in [0.717, 1.165) is 19.1 Å². The summed E-state index contributed by atoms with van der Waals surface area (Å²) in [5.41, 5.74) is 0. The monoisotopic (exact) mass is 194 g/mol. The predicted molar refractivity (Wildman–Crippen MR) is 63.4 cm³/mol. The third kappa shape index (κ3) is 11.0. The Hall–Kier alpha value is -0.980. The van der Waals surface area contributed by atoms with E-state index < -0.39 is 0 Å². The lowest BCUT2D eigenvalue weighted by atomic mass is 10.1. The topological polar surface area (TPSA) is 20.2 Å². The predicted octanol–water partition coefficient (Wildman–Crippen LogP) is 4.53. The van der Waals surface area contributed by atoms with Crippen LogP contribution in [0.25, 0.3) is 0 Å². The van der Waals surface area contributed by atoms with Crippen LogP contribution in [0, 0.1) is 0 Å². The van der Waals surface area contributed by atoms with Gasteiger partial charge >= 0.3 is 0 Å². The summed E-state index contributed by atoms with van der Waals surface area (Å²) in [6.07, 6.45) is 18.5. The van der Waals surface area contributed by atoms with E-state index in [-0.39, 0.29) is 0 Å². The molecule has 0 aromatic heterocycles. The number of hydrogen-bond donors (Lipinski definition) is 1. The molecule has 0 radical (unpaired) electrons. The van der Waals surface area contributed by atoms with Crippen molar-refractivity contribution in [3.8, 4) is 0 Å². The zero-order valence-electron chi connectivity index (χ0n) is 9.15. The van der Waals surface area contributed by atoms with E-state index in [1.807, 2.05) is 6.08 Å². The summed E-state index contributed by atoms with van der Waals surface area (Å²) in [7, 11) is 0. The Morgan fingerprint density at radius 1 is 0.857 bits per heavy atom. The molecule has 80 valence electrons. The Labute approximate surface area is 87.8 Å². The quantitative estimate of drug-likeness (QED) is 0.260. The lowest BCUT2D eigenvalue weighted by Crippen LogP contribution is -1.74. The van der Waals surface area contributed by atoms with Crippen molar-refractivity contribution in [3.63, 3.8) is 0 Å². The molecular formula is C13H22O. The molecule has 0 rings (SSSR count). The first-order chi connectivity index (χ1) is 6.91. The number of aliphatic hydroxyl groups excluding tert-OH is 1. The maximum absolute atomic E-state index is 8.35. The van der Waals surface area contributed by atoms with E-state index in [1.165, 1.54) is 25.7 Å². The van der Waals surface area contributed by atoms with Gasteiger partial charge in [-0.25, -0.2) is 0 Å². The Kier molecular flexibility index (Phi) is 11.2. The van der Waals surface area contributed by atoms with E-state index in [4.69, 9.17) is 5.11 Å². The van der Waals surface area contributed by atoms with Crippen LogP contribution in [0.15, 0.2) is 36.6 Å². The van der Waals surface area contributed by atoms with Gasteiger partial charge in [-0.2, -0.15) is 0 Å². The highest BCUT2D eigenvalue weighted by Crippen LogP contribution is 2.04. The standard InChI is InChI=1S/C13H22O/c1-2-3-4-5-6-7-8-9-10-11-12-13-14/h3-4,10-14H,2,5-9H2,1H3/b4-3?,11-10-,13-12-. The average molecular weight is 194 g/mol. The molecule has 0 aromatic rings. The van der Waals surface area contributed by atoms with E-state index in [9.17, 15) is 0 Å². The molecule has 1 nitrogen and oxygen atoms in total. The lowest BCUT2D eigenvalue weighted by molar-refractivity contribution is 0.473. The first-order valence-electron chi connectivity index (χ1n) is 5.52. The molecule has 0 heterocycles. The largest absolute Gasteiger partial charge is 0.516 e. The van der Waals surface area contributed by atoms with E-state index in [0.29, 0.717) is 0 Å². The zero-order valence-corrected chi connectivity index (χ0v) is 9.15. The van der Waals surface area contributed by atoms with Crippen LogP contribution >= 0.6 is 0 Å². The molecule has 0 fully saturated rings. The summed E-state index contributed by atoms with van der Waals surface area (Å²) in [6.45, 7) is 2.16. The van der Waals surface area contributed by atoms with E-state index >= 15 is 0 Å². The first-order valence-corrected chi connectivity index (χ1v) is 5.52. The van der Waals surface area contributed by atoms with Crippen molar-refractivity contribution in [1.29, 1.82) is 0 Å². The fourth-order valence-electron chi connectivity index (χ4n) is 1.21. The molecule has 0 aliphatic rings. The Morgan fingerprint density at radius 3 is 2.21 bits per heavy atom. The first kappa shape index (κ1) is 13.0. The van der Waals surface area contributed by atoms with Crippen molar-refractivity contribution in [1.82, 2.24) is 0 Å². The number of rotatable bonds is 8. The van der Waals surface area contributed by atoms with Gasteiger partial charge in [-0.3, -0.25) is 0 Å². The molecule has 0 unspecified atom stereocenters. The van der Waals surface area contributed by atoms with Gasteiger partial charge < -0.3 is 5.11 Å². The Bertz CT molecular complexity index is 178. The zero-order chi connectivity index (χ0) is 10.5. The minimum Gasteiger partial charge on any atom is -0.516 e. The molecule has 1 N–H and O–H groups in total. The summed E-state index contributed by atoms with van der Waals surface area (Å²) in [4.78, 5) is 0. The molecule has 1 heteroatoms. The highest BCUT2D eigenvalue weighted by atomic mass is 16.2. The minimum absolute atomic E-state index is 1.06. The molecule has 0 aliphatic heterocycles. The SMILES string of the molecule is CCC=CCCCCC/C=C\C=C/O. The van der Waals surface area contributed by atoms with Crippen molar-refractivity contribution in [2.75, 3.05) is 0 Å². The molecule has 0 saturated heterocycles. The number of allylic oxidation sites excluding steroid dienone is 5. The maximum Gasteiger partial charge on any atom is 0.0791 e. The van der Waals surface area contributed by atoms with Gasteiger partial charge in [0.1, 0.15) is 0 Å². The summed E-state index contributed by atoms with van der Waals surface area (Å²) in [5, 5.41) is 8.35.